The highest BCUT2D eigenvalue weighted by atomic mass is 16.5. The predicted octanol–water partition coefficient (Wildman–Crippen LogP) is 0.320. The Hall–Kier alpha value is -1.66. The van der Waals surface area contributed by atoms with E-state index in [4.69, 9.17) is 10.5 Å². The molecule has 0 fully saturated rings. The monoisotopic (exact) mass is 254 g/mol. The smallest absolute Gasteiger partial charge is 0.308 e. The quantitative estimate of drug-likeness (QED) is 0.653. The lowest BCUT2D eigenvalue weighted by molar-refractivity contribution is -0.147. The van der Waals surface area contributed by atoms with Crippen molar-refractivity contribution in [2.24, 2.45) is 0 Å². The molecular formula is C12H18N2O4. The molecule has 0 radical (unpaired) electrons. The molecule has 0 saturated carbocycles. The number of ether oxygens (including phenoxy) is 1. The van der Waals surface area contributed by atoms with Crippen LogP contribution >= 0.6 is 0 Å². The molecule has 0 bridgehead atoms. The van der Waals surface area contributed by atoms with Crippen LogP contribution in [0.4, 0.5) is 5.82 Å². The molecule has 1 heterocycles. The van der Waals surface area contributed by atoms with Gasteiger partial charge in [-0.15, -0.1) is 0 Å². The van der Waals surface area contributed by atoms with Crippen LogP contribution in [-0.4, -0.2) is 33.9 Å². The van der Waals surface area contributed by atoms with Crippen LogP contribution in [0.15, 0.2) is 12.3 Å². The number of hydrogen-bond donors (Lipinski definition) is 3. The minimum absolute atomic E-state index is 0.240. The first kappa shape index (κ1) is 14.4. The third-order valence-corrected chi connectivity index (χ3v) is 2.53. The number of rotatable bonds is 5. The third kappa shape index (κ3) is 3.68. The van der Waals surface area contributed by atoms with Crippen molar-refractivity contribution >= 4 is 11.8 Å². The van der Waals surface area contributed by atoms with E-state index in [1.807, 2.05) is 0 Å². The Morgan fingerprint density at radius 2 is 2.22 bits per heavy atom. The molecule has 0 saturated heterocycles. The Balaban J connectivity index is 2.70. The number of nitrogens with zero attached hydrogens (tertiary/aromatic N) is 1. The van der Waals surface area contributed by atoms with Gasteiger partial charge in [0.25, 0.3) is 0 Å². The molecular weight excluding hydrogens is 236 g/mol. The first-order chi connectivity index (χ1) is 8.45. The van der Waals surface area contributed by atoms with Crippen molar-refractivity contribution in [1.82, 2.24) is 4.98 Å². The van der Waals surface area contributed by atoms with Gasteiger partial charge in [-0.05, 0) is 25.5 Å². The van der Waals surface area contributed by atoms with E-state index in [9.17, 15) is 15.0 Å². The molecule has 0 aliphatic carbocycles. The SMILES string of the molecule is CCOC(=O)CC(O)C(O)c1cnc(N)c(C)c1. The predicted molar refractivity (Wildman–Crippen MR) is 65.6 cm³/mol. The van der Waals surface area contributed by atoms with E-state index in [1.165, 1.54) is 6.20 Å². The van der Waals surface area contributed by atoms with Gasteiger partial charge in [-0.2, -0.15) is 0 Å². The van der Waals surface area contributed by atoms with Crippen LogP contribution in [0.25, 0.3) is 0 Å². The van der Waals surface area contributed by atoms with Crippen LogP contribution in [0.5, 0.6) is 0 Å². The minimum atomic E-state index is -1.23. The number of pyridine rings is 1. The number of nitrogens with two attached hydrogens (primary N) is 1. The number of aryl methyl sites for hydroxylation is 1. The second kappa shape index (κ2) is 6.32. The first-order valence-corrected chi connectivity index (χ1v) is 5.69. The zero-order valence-electron chi connectivity index (χ0n) is 10.5. The Morgan fingerprint density at radius 3 is 2.78 bits per heavy atom. The second-order valence-corrected chi connectivity index (χ2v) is 3.99. The number of aliphatic hydroxyl groups excluding tert-OH is 2. The number of hydrogen-bond acceptors (Lipinski definition) is 6. The number of anilines is 1. The van der Waals surface area contributed by atoms with Crippen LogP contribution < -0.4 is 5.73 Å². The molecule has 1 aromatic rings. The van der Waals surface area contributed by atoms with Gasteiger partial charge in [0.05, 0.1) is 19.1 Å². The summed E-state index contributed by atoms with van der Waals surface area (Å²) in [6, 6.07) is 1.63. The fraction of sp³-hybridized carbons (Fsp3) is 0.500. The standard InChI is InChI=1S/C12H18N2O4/c1-3-18-10(16)5-9(15)11(17)8-4-7(2)12(13)14-6-8/h4,6,9,11,15,17H,3,5H2,1-2H3,(H2,13,14). The molecule has 100 valence electrons. The van der Waals surface area contributed by atoms with Gasteiger partial charge in [-0.1, -0.05) is 0 Å². The van der Waals surface area contributed by atoms with Crippen LogP contribution in [0, 0.1) is 6.92 Å². The van der Waals surface area contributed by atoms with Gasteiger partial charge in [0.2, 0.25) is 0 Å². The van der Waals surface area contributed by atoms with E-state index in [0.717, 1.165) is 0 Å². The summed E-state index contributed by atoms with van der Waals surface area (Å²) in [4.78, 5) is 15.1. The number of carbonyl (C=O) groups is 1. The molecule has 18 heavy (non-hydrogen) atoms. The number of carbonyl (C=O) groups excluding carboxylic acids is 1. The number of nitrogen functional groups attached to an aromatic ring is 1. The van der Waals surface area contributed by atoms with Crippen LogP contribution in [0.2, 0.25) is 0 Å². The second-order valence-electron chi connectivity index (χ2n) is 3.99. The summed E-state index contributed by atoms with van der Waals surface area (Å²) < 4.78 is 4.70. The van der Waals surface area contributed by atoms with Crippen LogP contribution in [0.1, 0.15) is 30.6 Å². The summed E-state index contributed by atoms with van der Waals surface area (Å²) >= 11 is 0. The van der Waals surface area contributed by atoms with Crippen molar-refractivity contribution in [3.05, 3.63) is 23.4 Å². The molecule has 0 aliphatic rings. The van der Waals surface area contributed by atoms with Crippen molar-refractivity contribution in [2.45, 2.75) is 32.5 Å². The van der Waals surface area contributed by atoms with Gasteiger partial charge < -0.3 is 20.7 Å². The lowest BCUT2D eigenvalue weighted by atomic mass is 10.0. The highest BCUT2D eigenvalue weighted by Gasteiger charge is 2.22. The lowest BCUT2D eigenvalue weighted by Gasteiger charge is -2.17. The zero-order valence-corrected chi connectivity index (χ0v) is 10.5. The Labute approximate surface area is 105 Å². The topological polar surface area (TPSA) is 106 Å². The largest absolute Gasteiger partial charge is 0.466 e. The van der Waals surface area contributed by atoms with Gasteiger partial charge in [0.15, 0.2) is 0 Å². The molecule has 2 atom stereocenters. The maximum atomic E-state index is 11.2. The molecule has 4 N–H and O–H groups in total. The zero-order chi connectivity index (χ0) is 13.7. The Bertz CT molecular complexity index is 423. The van der Waals surface area contributed by atoms with Crippen molar-refractivity contribution in [1.29, 1.82) is 0 Å². The molecule has 0 amide bonds. The number of esters is 1. The molecule has 6 nitrogen and oxygen atoms in total. The van der Waals surface area contributed by atoms with Crippen LogP contribution in [-0.2, 0) is 9.53 Å². The van der Waals surface area contributed by atoms with Crippen molar-refractivity contribution < 1.29 is 19.7 Å². The van der Waals surface area contributed by atoms with E-state index in [-0.39, 0.29) is 13.0 Å². The molecule has 0 aromatic carbocycles. The Kier molecular flexibility index (Phi) is 5.06. The van der Waals surface area contributed by atoms with Gasteiger partial charge in [0, 0.05) is 11.8 Å². The van der Waals surface area contributed by atoms with E-state index in [1.54, 1.807) is 19.9 Å². The average Bonchev–Trinajstić information content (AvgIpc) is 2.32. The molecule has 2 unspecified atom stereocenters. The summed E-state index contributed by atoms with van der Waals surface area (Å²) in [6.07, 6.45) is -1.31. The summed E-state index contributed by atoms with van der Waals surface area (Å²) in [5.74, 6) is -0.185. The molecule has 1 aromatic heterocycles. The summed E-state index contributed by atoms with van der Waals surface area (Å²) in [5, 5.41) is 19.6. The first-order valence-electron chi connectivity index (χ1n) is 5.69. The molecule has 6 heteroatoms. The summed E-state index contributed by atoms with van der Waals surface area (Å²) in [5.41, 5.74) is 6.67. The number of aromatic nitrogens is 1. The van der Waals surface area contributed by atoms with Crippen molar-refractivity contribution in [2.75, 3.05) is 12.3 Å². The maximum absolute atomic E-state index is 11.2. The minimum Gasteiger partial charge on any atom is -0.466 e. The third-order valence-electron chi connectivity index (χ3n) is 2.53. The van der Waals surface area contributed by atoms with Gasteiger partial charge in [-0.3, -0.25) is 4.79 Å². The Morgan fingerprint density at radius 1 is 1.56 bits per heavy atom. The van der Waals surface area contributed by atoms with Crippen molar-refractivity contribution in [3.8, 4) is 0 Å². The van der Waals surface area contributed by atoms with Crippen LogP contribution in [0.3, 0.4) is 0 Å². The van der Waals surface area contributed by atoms with E-state index < -0.39 is 18.2 Å². The number of aliphatic hydroxyl groups is 2. The van der Waals surface area contributed by atoms with E-state index in [2.05, 4.69) is 4.98 Å². The normalized spacial score (nSPS) is 14.0. The van der Waals surface area contributed by atoms with Crippen molar-refractivity contribution in [3.63, 3.8) is 0 Å². The molecule has 0 aliphatic heterocycles. The fourth-order valence-electron chi connectivity index (χ4n) is 1.49. The van der Waals surface area contributed by atoms with Gasteiger partial charge >= 0.3 is 5.97 Å². The van der Waals surface area contributed by atoms with Gasteiger partial charge in [0.1, 0.15) is 11.9 Å². The fourth-order valence-corrected chi connectivity index (χ4v) is 1.49. The highest BCUT2D eigenvalue weighted by molar-refractivity contribution is 5.70. The summed E-state index contributed by atoms with van der Waals surface area (Å²) in [7, 11) is 0. The maximum Gasteiger partial charge on any atom is 0.308 e. The van der Waals surface area contributed by atoms with E-state index in [0.29, 0.717) is 16.9 Å². The molecule has 0 spiro atoms. The van der Waals surface area contributed by atoms with Gasteiger partial charge in [-0.25, -0.2) is 4.98 Å². The average molecular weight is 254 g/mol. The highest BCUT2D eigenvalue weighted by Crippen LogP contribution is 2.21. The van der Waals surface area contributed by atoms with E-state index >= 15 is 0 Å². The lowest BCUT2D eigenvalue weighted by Crippen LogP contribution is -2.23. The summed E-state index contributed by atoms with van der Waals surface area (Å²) in [6.45, 7) is 3.66. The molecule has 1 rings (SSSR count).